The molecule has 1 amide bonds. The Hall–Kier alpha value is -2.26. The molecule has 0 fully saturated rings. The van der Waals surface area contributed by atoms with Gasteiger partial charge in [-0.3, -0.25) is 9.69 Å². The number of carbonyl (C=O) groups excluding carboxylic acids is 1. The van der Waals surface area contributed by atoms with Crippen molar-refractivity contribution in [2.75, 3.05) is 38.4 Å². The fourth-order valence-electron chi connectivity index (χ4n) is 3.42. The Bertz CT molecular complexity index is 856. The average molecular weight is 464 g/mol. The van der Waals surface area contributed by atoms with E-state index < -0.39 is 0 Å². The van der Waals surface area contributed by atoms with E-state index in [0.29, 0.717) is 30.4 Å². The second kappa shape index (κ2) is 13.3. The lowest BCUT2D eigenvalue weighted by atomic mass is 10.2. The first-order valence-corrected chi connectivity index (χ1v) is 12.3. The molecule has 178 valence electrons. The Kier molecular flexibility index (Phi) is 10.8. The Morgan fingerprint density at radius 2 is 1.91 bits per heavy atom. The molecule has 1 atom stereocenters. The number of thioether (sulfide) groups is 1. The zero-order valence-corrected chi connectivity index (χ0v) is 21.0. The fraction of sp³-hybridized carbons (Fsp3) is 0.609. The predicted molar refractivity (Wildman–Crippen MR) is 130 cm³/mol. The van der Waals surface area contributed by atoms with Gasteiger partial charge in [-0.05, 0) is 52.9 Å². The van der Waals surface area contributed by atoms with Crippen LogP contribution in [0.25, 0.3) is 0 Å². The van der Waals surface area contributed by atoms with Crippen molar-refractivity contribution in [2.45, 2.75) is 64.7 Å². The van der Waals surface area contributed by atoms with Gasteiger partial charge >= 0.3 is 0 Å². The third-order valence-electron chi connectivity index (χ3n) is 4.96. The summed E-state index contributed by atoms with van der Waals surface area (Å²) < 4.78 is 13.4. The smallest absolute Gasteiger partial charge is 0.234 e. The molecule has 1 N–H and O–H groups in total. The quantitative estimate of drug-likeness (QED) is 0.409. The van der Waals surface area contributed by atoms with Crippen molar-refractivity contribution in [3.63, 3.8) is 0 Å². The summed E-state index contributed by atoms with van der Waals surface area (Å²) in [5.74, 6) is 2.37. The lowest BCUT2D eigenvalue weighted by Gasteiger charge is -2.23. The SMILES string of the molecule is CCCCn1c(SCC(=O)Nc2cc(OCC)ccc2OCC)nnc1C(CC)N(C)C. The summed E-state index contributed by atoms with van der Waals surface area (Å²) >= 11 is 1.41. The summed E-state index contributed by atoms with van der Waals surface area (Å²) in [5.41, 5.74) is 0.607. The van der Waals surface area contributed by atoms with Gasteiger partial charge in [0.2, 0.25) is 5.91 Å². The van der Waals surface area contributed by atoms with Gasteiger partial charge in [-0.1, -0.05) is 32.0 Å². The fourth-order valence-corrected chi connectivity index (χ4v) is 4.19. The molecular weight excluding hydrogens is 426 g/mol. The highest BCUT2D eigenvalue weighted by molar-refractivity contribution is 7.99. The zero-order chi connectivity index (χ0) is 23.5. The average Bonchev–Trinajstić information content (AvgIpc) is 3.15. The first-order valence-electron chi connectivity index (χ1n) is 11.4. The largest absolute Gasteiger partial charge is 0.494 e. The van der Waals surface area contributed by atoms with Crippen LogP contribution in [0, 0.1) is 0 Å². The summed E-state index contributed by atoms with van der Waals surface area (Å²) in [6.07, 6.45) is 3.06. The van der Waals surface area contributed by atoms with Crippen LogP contribution in [0.1, 0.15) is 58.8 Å². The summed E-state index contributed by atoms with van der Waals surface area (Å²) in [7, 11) is 4.11. The number of aromatic nitrogens is 3. The normalized spacial score (nSPS) is 12.1. The molecule has 0 spiro atoms. The maximum atomic E-state index is 12.7. The number of nitrogens with zero attached hydrogens (tertiary/aromatic N) is 4. The molecule has 0 bridgehead atoms. The van der Waals surface area contributed by atoms with Gasteiger partial charge in [0.05, 0.1) is 30.7 Å². The first-order chi connectivity index (χ1) is 15.4. The van der Waals surface area contributed by atoms with Crippen molar-refractivity contribution in [1.82, 2.24) is 19.7 Å². The number of hydrogen-bond acceptors (Lipinski definition) is 7. The van der Waals surface area contributed by atoms with E-state index in [1.165, 1.54) is 11.8 Å². The van der Waals surface area contributed by atoms with Gasteiger partial charge in [0, 0.05) is 12.6 Å². The minimum atomic E-state index is -0.129. The minimum absolute atomic E-state index is 0.129. The molecule has 2 rings (SSSR count). The molecule has 1 aromatic heterocycles. The maximum absolute atomic E-state index is 12.7. The van der Waals surface area contributed by atoms with E-state index in [0.717, 1.165) is 36.8 Å². The van der Waals surface area contributed by atoms with E-state index in [1.54, 1.807) is 6.07 Å². The van der Waals surface area contributed by atoms with E-state index in [9.17, 15) is 4.79 Å². The van der Waals surface area contributed by atoms with Crippen LogP contribution in [0.5, 0.6) is 11.5 Å². The summed E-state index contributed by atoms with van der Waals surface area (Å²) in [4.78, 5) is 14.9. The molecule has 0 aliphatic carbocycles. The third-order valence-corrected chi connectivity index (χ3v) is 5.92. The van der Waals surface area contributed by atoms with Crippen molar-refractivity contribution in [1.29, 1.82) is 0 Å². The summed E-state index contributed by atoms with van der Waals surface area (Å²) in [6.45, 7) is 10.1. The van der Waals surface area contributed by atoms with Crippen LogP contribution in [0.15, 0.2) is 23.4 Å². The molecule has 8 nitrogen and oxygen atoms in total. The van der Waals surface area contributed by atoms with E-state index >= 15 is 0 Å². The lowest BCUT2D eigenvalue weighted by molar-refractivity contribution is -0.113. The molecule has 1 unspecified atom stereocenters. The molecule has 2 aromatic rings. The number of amides is 1. The molecule has 0 radical (unpaired) electrons. The van der Waals surface area contributed by atoms with Crippen LogP contribution < -0.4 is 14.8 Å². The number of ether oxygens (including phenoxy) is 2. The number of carbonyl (C=O) groups is 1. The monoisotopic (exact) mass is 463 g/mol. The topological polar surface area (TPSA) is 81.5 Å². The highest BCUT2D eigenvalue weighted by atomic mass is 32.2. The first kappa shape index (κ1) is 26.0. The number of anilines is 1. The maximum Gasteiger partial charge on any atom is 0.234 e. The molecule has 0 aliphatic heterocycles. The number of unbranched alkanes of at least 4 members (excludes halogenated alkanes) is 1. The Balaban J connectivity index is 2.14. The second-order valence-corrected chi connectivity index (χ2v) is 8.54. The Morgan fingerprint density at radius 1 is 1.16 bits per heavy atom. The molecule has 0 saturated heterocycles. The number of rotatable bonds is 14. The van der Waals surface area contributed by atoms with E-state index in [1.807, 2.05) is 26.0 Å². The molecule has 1 aromatic carbocycles. The molecule has 0 saturated carbocycles. The van der Waals surface area contributed by atoms with Gasteiger partial charge in [-0.2, -0.15) is 0 Å². The molecular formula is C23H37N5O3S. The zero-order valence-electron chi connectivity index (χ0n) is 20.2. The third kappa shape index (κ3) is 7.13. The highest BCUT2D eigenvalue weighted by Gasteiger charge is 2.22. The van der Waals surface area contributed by atoms with Crippen molar-refractivity contribution >= 4 is 23.4 Å². The van der Waals surface area contributed by atoms with Crippen molar-refractivity contribution in [3.05, 3.63) is 24.0 Å². The van der Waals surface area contributed by atoms with Crippen LogP contribution in [-0.4, -0.2) is 58.6 Å². The van der Waals surface area contributed by atoms with Gasteiger partial charge < -0.3 is 19.4 Å². The molecule has 9 heteroatoms. The van der Waals surface area contributed by atoms with Crippen LogP contribution in [-0.2, 0) is 11.3 Å². The Labute approximate surface area is 196 Å². The molecule has 32 heavy (non-hydrogen) atoms. The van der Waals surface area contributed by atoms with E-state index in [-0.39, 0.29) is 17.7 Å². The molecule has 1 heterocycles. The predicted octanol–water partition coefficient (Wildman–Crippen LogP) is 4.62. The second-order valence-electron chi connectivity index (χ2n) is 7.59. The Morgan fingerprint density at radius 3 is 2.53 bits per heavy atom. The summed E-state index contributed by atoms with van der Waals surface area (Å²) in [5, 5.41) is 12.6. The highest BCUT2D eigenvalue weighted by Crippen LogP contribution is 2.30. The van der Waals surface area contributed by atoms with Gasteiger partial charge in [-0.25, -0.2) is 0 Å². The van der Waals surface area contributed by atoms with E-state index in [2.05, 4.69) is 52.9 Å². The number of hydrogen-bond donors (Lipinski definition) is 1. The van der Waals surface area contributed by atoms with Crippen molar-refractivity contribution in [2.24, 2.45) is 0 Å². The molecule has 0 aliphatic rings. The van der Waals surface area contributed by atoms with Crippen LogP contribution in [0.4, 0.5) is 5.69 Å². The standard InChI is InChI=1S/C23H37N5O3S/c1-7-11-14-28-22(19(8-2)27(5)6)25-26-23(28)32-16-21(29)24-18-15-17(30-9-3)12-13-20(18)31-10-4/h12-13,15,19H,7-11,14,16H2,1-6H3,(H,24,29). The minimum Gasteiger partial charge on any atom is -0.494 e. The van der Waals surface area contributed by atoms with Crippen molar-refractivity contribution < 1.29 is 14.3 Å². The van der Waals surface area contributed by atoms with Crippen LogP contribution in [0.2, 0.25) is 0 Å². The van der Waals surface area contributed by atoms with Gasteiger partial charge in [0.15, 0.2) is 11.0 Å². The van der Waals surface area contributed by atoms with Gasteiger partial charge in [-0.15, -0.1) is 10.2 Å². The van der Waals surface area contributed by atoms with Crippen LogP contribution in [0.3, 0.4) is 0 Å². The van der Waals surface area contributed by atoms with E-state index in [4.69, 9.17) is 9.47 Å². The lowest BCUT2D eigenvalue weighted by Crippen LogP contribution is -2.23. The summed E-state index contributed by atoms with van der Waals surface area (Å²) in [6, 6.07) is 5.64. The van der Waals surface area contributed by atoms with Gasteiger partial charge in [0.25, 0.3) is 0 Å². The van der Waals surface area contributed by atoms with Crippen molar-refractivity contribution in [3.8, 4) is 11.5 Å². The number of nitrogens with one attached hydrogen (secondary N) is 1. The van der Waals surface area contributed by atoms with Gasteiger partial charge in [0.1, 0.15) is 11.5 Å². The van der Waals surface area contributed by atoms with Crippen LogP contribution >= 0.6 is 11.8 Å². The number of benzene rings is 1.